The largest absolute Gasteiger partial charge is 0.466 e. The first kappa shape index (κ1) is 17.5. The highest BCUT2D eigenvalue weighted by atomic mass is 19.4. The van der Waals surface area contributed by atoms with E-state index >= 15 is 0 Å². The molecule has 6 nitrogen and oxygen atoms in total. The lowest BCUT2D eigenvalue weighted by Gasteiger charge is -2.18. The number of rotatable bonds is 5. The van der Waals surface area contributed by atoms with Crippen molar-refractivity contribution in [3.05, 3.63) is 30.3 Å². The van der Waals surface area contributed by atoms with Gasteiger partial charge in [0.25, 0.3) is 0 Å². The van der Waals surface area contributed by atoms with Crippen molar-refractivity contribution in [1.29, 1.82) is 0 Å². The van der Waals surface area contributed by atoms with Crippen LogP contribution in [0, 0.1) is 0 Å². The molecule has 0 aliphatic carbocycles. The van der Waals surface area contributed by atoms with Crippen molar-refractivity contribution in [1.82, 2.24) is 0 Å². The van der Waals surface area contributed by atoms with Gasteiger partial charge >= 0.3 is 18.2 Å². The van der Waals surface area contributed by atoms with Gasteiger partial charge in [-0.3, -0.25) is 4.79 Å². The number of anilines is 1. The van der Waals surface area contributed by atoms with Crippen molar-refractivity contribution in [3.63, 3.8) is 0 Å². The first-order valence-corrected chi connectivity index (χ1v) is 6.20. The molecule has 0 aliphatic heterocycles. The third kappa shape index (κ3) is 5.08. The second-order valence-electron chi connectivity index (χ2n) is 4.01. The van der Waals surface area contributed by atoms with Crippen molar-refractivity contribution >= 4 is 23.4 Å². The summed E-state index contributed by atoms with van der Waals surface area (Å²) in [6, 6.07) is 6.10. The Hall–Kier alpha value is -2.58. The molecule has 2 amide bonds. The number of carbonyl (C=O) groups excluding carboxylic acids is 2. The summed E-state index contributed by atoms with van der Waals surface area (Å²) in [7, 11) is 0. The zero-order valence-electron chi connectivity index (χ0n) is 11.6. The quantitative estimate of drug-likeness (QED) is 0.514. The number of alkyl halides is 3. The van der Waals surface area contributed by atoms with Gasteiger partial charge in [0.2, 0.25) is 0 Å². The summed E-state index contributed by atoms with van der Waals surface area (Å²) < 4.78 is 43.3. The number of nitrogens with zero attached hydrogens (tertiary/aromatic N) is 2. The summed E-state index contributed by atoms with van der Waals surface area (Å²) >= 11 is 0. The molecule has 0 aliphatic rings. The number of primary amides is 1. The molecule has 0 atom stereocenters. The van der Waals surface area contributed by atoms with Gasteiger partial charge < -0.3 is 10.5 Å². The number of urea groups is 1. The number of amides is 2. The van der Waals surface area contributed by atoms with Gasteiger partial charge in [-0.1, -0.05) is 18.2 Å². The molecule has 0 fully saturated rings. The normalized spacial score (nSPS) is 11.9. The molecular weight excluding hydrogens is 303 g/mol. The van der Waals surface area contributed by atoms with Crippen LogP contribution in [0.3, 0.4) is 0 Å². The fourth-order valence-electron chi connectivity index (χ4n) is 1.47. The maximum absolute atomic E-state index is 12.9. The molecule has 22 heavy (non-hydrogen) atoms. The number of carbonyl (C=O) groups is 2. The molecule has 0 unspecified atom stereocenters. The summed E-state index contributed by atoms with van der Waals surface area (Å²) in [5.74, 6) is -1.10. The van der Waals surface area contributed by atoms with E-state index in [4.69, 9.17) is 5.73 Å². The van der Waals surface area contributed by atoms with E-state index in [9.17, 15) is 22.8 Å². The molecule has 1 aromatic carbocycles. The van der Waals surface area contributed by atoms with E-state index in [0.717, 1.165) is 0 Å². The van der Waals surface area contributed by atoms with Crippen LogP contribution < -0.4 is 10.7 Å². The SMILES string of the molecule is CCOC(=O)CC(=NN(C(N)=O)c1ccccc1)C(F)(F)F. The van der Waals surface area contributed by atoms with E-state index in [1.54, 1.807) is 6.07 Å². The number of esters is 1. The van der Waals surface area contributed by atoms with Gasteiger partial charge in [0, 0.05) is 0 Å². The van der Waals surface area contributed by atoms with Crippen molar-refractivity contribution in [2.24, 2.45) is 10.8 Å². The molecule has 0 radical (unpaired) electrons. The van der Waals surface area contributed by atoms with Crippen LogP contribution in [0.15, 0.2) is 35.4 Å². The maximum atomic E-state index is 12.9. The van der Waals surface area contributed by atoms with Gasteiger partial charge in [-0.2, -0.15) is 23.3 Å². The number of hydrogen-bond acceptors (Lipinski definition) is 4. The van der Waals surface area contributed by atoms with E-state index in [1.165, 1.54) is 31.2 Å². The van der Waals surface area contributed by atoms with Crippen LogP contribution in [-0.2, 0) is 9.53 Å². The molecule has 1 rings (SSSR count). The van der Waals surface area contributed by atoms with Gasteiger partial charge in [-0.15, -0.1) is 0 Å². The molecule has 0 aromatic heterocycles. The van der Waals surface area contributed by atoms with E-state index in [0.29, 0.717) is 5.01 Å². The van der Waals surface area contributed by atoms with Crippen LogP contribution >= 0.6 is 0 Å². The minimum atomic E-state index is -4.91. The monoisotopic (exact) mass is 317 g/mol. The molecule has 1 aromatic rings. The summed E-state index contributed by atoms with van der Waals surface area (Å²) in [4.78, 5) is 22.6. The van der Waals surface area contributed by atoms with Gasteiger partial charge in [0.05, 0.1) is 18.7 Å². The molecule has 9 heteroatoms. The first-order chi connectivity index (χ1) is 10.3. The van der Waals surface area contributed by atoms with Crippen LogP contribution in [0.2, 0.25) is 0 Å². The fourth-order valence-corrected chi connectivity index (χ4v) is 1.47. The van der Waals surface area contributed by atoms with Crippen molar-refractivity contribution in [2.45, 2.75) is 19.5 Å². The third-order valence-corrected chi connectivity index (χ3v) is 2.37. The molecular formula is C13H14F3N3O3. The smallest absolute Gasteiger partial charge is 0.431 e. The van der Waals surface area contributed by atoms with E-state index in [2.05, 4.69) is 9.84 Å². The maximum Gasteiger partial charge on any atom is 0.431 e. The fraction of sp³-hybridized carbons (Fsp3) is 0.308. The lowest BCUT2D eigenvalue weighted by Crippen LogP contribution is -2.36. The molecule has 0 spiro atoms. The Labute approximate surface area is 124 Å². The topological polar surface area (TPSA) is 85.0 Å². The molecule has 0 heterocycles. The number of halogens is 3. The zero-order valence-corrected chi connectivity index (χ0v) is 11.6. The van der Waals surface area contributed by atoms with Gasteiger partial charge in [0.15, 0.2) is 5.71 Å². The second kappa shape index (κ2) is 7.43. The minimum absolute atomic E-state index is 0.0422. The number of benzene rings is 1. The van der Waals surface area contributed by atoms with Gasteiger partial charge in [-0.05, 0) is 19.1 Å². The third-order valence-electron chi connectivity index (χ3n) is 2.37. The van der Waals surface area contributed by atoms with Gasteiger partial charge in [-0.25, -0.2) is 4.79 Å². The molecule has 0 bridgehead atoms. The minimum Gasteiger partial charge on any atom is -0.466 e. The number of para-hydroxylation sites is 1. The van der Waals surface area contributed by atoms with E-state index in [1.807, 2.05) is 0 Å². The summed E-state index contributed by atoms with van der Waals surface area (Å²) in [6.45, 7) is 1.39. The number of hydrazone groups is 1. The lowest BCUT2D eigenvalue weighted by molar-refractivity contribution is -0.142. The van der Waals surface area contributed by atoms with Crippen LogP contribution in [0.25, 0.3) is 0 Å². The summed E-state index contributed by atoms with van der Waals surface area (Å²) in [6.07, 6.45) is -6.02. The number of ether oxygens (including phenoxy) is 1. The van der Waals surface area contributed by atoms with Crippen molar-refractivity contribution < 1.29 is 27.5 Å². The van der Waals surface area contributed by atoms with Crippen LogP contribution in [0.4, 0.5) is 23.7 Å². The van der Waals surface area contributed by atoms with E-state index < -0.39 is 30.3 Å². The highest BCUT2D eigenvalue weighted by Gasteiger charge is 2.38. The highest BCUT2D eigenvalue weighted by molar-refractivity contribution is 6.04. The Morgan fingerprint density at radius 2 is 1.86 bits per heavy atom. The predicted molar refractivity (Wildman–Crippen MR) is 73.2 cm³/mol. The zero-order chi connectivity index (χ0) is 16.8. The van der Waals surface area contributed by atoms with Crippen molar-refractivity contribution in [2.75, 3.05) is 11.6 Å². The Kier molecular flexibility index (Phi) is 5.90. The van der Waals surface area contributed by atoms with E-state index in [-0.39, 0.29) is 12.3 Å². The molecule has 2 N–H and O–H groups in total. The number of hydrogen-bond donors (Lipinski definition) is 1. The molecule has 0 saturated carbocycles. The highest BCUT2D eigenvalue weighted by Crippen LogP contribution is 2.22. The average Bonchev–Trinajstić information content (AvgIpc) is 2.43. The Bertz CT molecular complexity index is 559. The number of nitrogens with two attached hydrogens (primary N) is 1. The Morgan fingerprint density at radius 3 is 2.32 bits per heavy atom. The molecule has 0 saturated heterocycles. The van der Waals surface area contributed by atoms with Crippen LogP contribution in [-0.4, -0.2) is 30.5 Å². The Morgan fingerprint density at radius 1 is 1.27 bits per heavy atom. The van der Waals surface area contributed by atoms with Crippen molar-refractivity contribution in [3.8, 4) is 0 Å². The first-order valence-electron chi connectivity index (χ1n) is 6.20. The summed E-state index contributed by atoms with van der Waals surface area (Å²) in [5.41, 5.74) is 3.61. The second-order valence-corrected chi connectivity index (χ2v) is 4.01. The van der Waals surface area contributed by atoms with Crippen LogP contribution in [0.5, 0.6) is 0 Å². The van der Waals surface area contributed by atoms with Crippen LogP contribution in [0.1, 0.15) is 13.3 Å². The lowest BCUT2D eigenvalue weighted by atomic mass is 10.2. The molecule has 120 valence electrons. The standard InChI is InChI=1S/C13H14F3N3O3/c1-2-22-11(20)8-10(13(14,15)16)18-19(12(17)21)9-6-4-3-5-7-9/h3-7H,2,8H2,1H3,(H2,17,21). The summed E-state index contributed by atoms with van der Waals surface area (Å²) in [5, 5.41) is 3.57. The van der Waals surface area contributed by atoms with Gasteiger partial charge in [0.1, 0.15) is 0 Å². The Balaban J connectivity index is 3.16. The predicted octanol–water partition coefficient (Wildman–Crippen LogP) is 2.44. The average molecular weight is 317 g/mol.